The van der Waals surface area contributed by atoms with Gasteiger partial charge in [0, 0.05) is 32.7 Å². The summed E-state index contributed by atoms with van der Waals surface area (Å²) >= 11 is 1.66. The smallest absolute Gasteiger partial charge is 0.232 e. The van der Waals surface area contributed by atoms with E-state index in [1.807, 2.05) is 29.2 Å². The molecule has 1 saturated heterocycles. The van der Waals surface area contributed by atoms with Gasteiger partial charge in [-0.25, -0.2) is 4.98 Å². The summed E-state index contributed by atoms with van der Waals surface area (Å²) in [4.78, 5) is 24.9. The second-order valence-electron chi connectivity index (χ2n) is 7.17. The molecule has 1 atom stereocenters. The number of piperazine rings is 1. The number of amides is 1. The van der Waals surface area contributed by atoms with Gasteiger partial charge in [0.05, 0.1) is 22.0 Å². The molecule has 2 heterocycles. The largest absolute Gasteiger partial charge is 0.341 e. The average molecular weight is 361 g/mol. The van der Waals surface area contributed by atoms with Crippen molar-refractivity contribution in [1.82, 2.24) is 19.8 Å². The molecule has 1 aromatic carbocycles. The lowest BCUT2D eigenvalue weighted by molar-refractivity contribution is -0.130. The zero-order valence-electron chi connectivity index (χ0n) is 15.4. The Morgan fingerprint density at radius 1 is 1.20 bits per heavy atom. The predicted octanol–water partition coefficient (Wildman–Crippen LogP) is 3.16. The zero-order chi connectivity index (χ0) is 17.8. The molecule has 1 N–H and O–H groups in total. The molecule has 0 radical (unpaired) electrons. The van der Waals surface area contributed by atoms with Crippen LogP contribution in [0.3, 0.4) is 0 Å². The number of benzene rings is 1. The third-order valence-electron chi connectivity index (χ3n) is 4.60. The van der Waals surface area contributed by atoms with E-state index in [4.69, 9.17) is 0 Å². The number of H-pyrrole nitrogens is 1. The lowest BCUT2D eigenvalue weighted by Gasteiger charge is -2.35. The molecule has 1 aliphatic rings. The number of fused-ring (bicyclic) bond motifs is 1. The Labute approximate surface area is 154 Å². The molecule has 25 heavy (non-hydrogen) atoms. The Balaban J connectivity index is 1.47. The van der Waals surface area contributed by atoms with Crippen LogP contribution in [0.25, 0.3) is 11.0 Å². The van der Waals surface area contributed by atoms with Crippen molar-refractivity contribution < 1.29 is 4.79 Å². The van der Waals surface area contributed by atoms with E-state index in [9.17, 15) is 4.79 Å². The fourth-order valence-corrected chi connectivity index (χ4v) is 4.07. The van der Waals surface area contributed by atoms with Crippen LogP contribution >= 0.6 is 11.8 Å². The van der Waals surface area contributed by atoms with Crippen LogP contribution < -0.4 is 0 Å². The molecule has 6 heteroatoms. The van der Waals surface area contributed by atoms with Gasteiger partial charge in [0.25, 0.3) is 0 Å². The van der Waals surface area contributed by atoms with Gasteiger partial charge in [0.2, 0.25) is 5.91 Å². The van der Waals surface area contributed by atoms with E-state index in [0.717, 1.165) is 49.6 Å². The molecule has 1 amide bonds. The molecular weight excluding hydrogens is 332 g/mol. The number of aromatic amines is 1. The molecule has 1 unspecified atom stereocenters. The fourth-order valence-electron chi connectivity index (χ4n) is 3.23. The van der Waals surface area contributed by atoms with E-state index in [0.29, 0.717) is 11.7 Å². The van der Waals surface area contributed by atoms with E-state index in [1.165, 1.54) is 0 Å². The molecule has 0 spiro atoms. The van der Waals surface area contributed by atoms with Crippen molar-refractivity contribution in [3.05, 3.63) is 30.1 Å². The highest BCUT2D eigenvalue weighted by Gasteiger charge is 2.22. The Kier molecular flexibility index (Phi) is 6.02. The Hall–Kier alpha value is -1.53. The summed E-state index contributed by atoms with van der Waals surface area (Å²) in [6, 6.07) is 8.04. The van der Waals surface area contributed by atoms with Crippen LogP contribution in [-0.2, 0) is 4.79 Å². The van der Waals surface area contributed by atoms with E-state index >= 15 is 0 Å². The molecule has 1 aromatic heterocycles. The van der Waals surface area contributed by atoms with Gasteiger partial charge in [-0.05, 0) is 25.0 Å². The predicted molar refractivity (Wildman–Crippen MR) is 105 cm³/mol. The fraction of sp³-hybridized carbons (Fsp3) is 0.579. The van der Waals surface area contributed by atoms with E-state index in [2.05, 4.69) is 35.6 Å². The zero-order valence-corrected chi connectivity index (χ0v) is 16.2. The quantitative estimate of drug-likeness (QED) is 0.860. The van der Waals surface area contributed by atoms with Gasteiger partial charge in [-0.3, -0.25) is 9.69 Å². The van der Waals surface area contributed by atoms with Gasteiger partial charge in [-0.1, -0.05) is 26.0 Å². The average Bonchev–Trinajstić information content (AvgIpc) is 3.03. The van der Waals surface area contributed by atoms with Crippen molar-refractivity contribution in [3.63, 3.8) is 0 Å². The van der Waals surface area contributed by atoms with Gasteiger partial charge in [-0.2, -0.15) is 0 Å². The molecule has 5 nitrogen and oxygen atoms in total. The van der Waals surface area contributed by atoms with Gasteiger partial charge in [0.1, 0.15) is 5.82 Å². The number of rotatable bonds is 6. The number of thioether (sulfide) groups is 1. The minimum Gasteiger partial charge on any atom is -0.341 e. The molecular formula is C19H28N4OS. The van der Waals surface area contributed by atoms with Gasteiger partial charge < -0.3 is 9.88 Å². The summed E-state index contributed by atoms with van der Waals surface area (Å²) < 4.78 is 0. The van der Waals surface area contributed by atoms with Gasteiger partial charge >= 0.3 is 0 Å². The summed E-state index contributed by atoms with van der Waals surface area (Å²) in [6.45, 7) is 11.4. The number of carbonyl (C=O) groups excluding carboxylic acids is 1. The van der Waals surface area contributed by atoms with Crippen molar-refractivity contribution in [1.29, 1.82) is 0 Å². The number of aromatic nitrogens is 2. The van der Waals surface area contributed by atoms with Gasteiger partial charge in [0.15, 0.2) is 0 Å². The summed E-state index contributed by atoms with van der Waals surface area (Å²) in [5.41, 5.74) is 2.04. The Morgan fingerprint density at radius 2 is 1.92 bits per heavy atom. The van der Waals surface area contributed by atoms with E-state index in [1.54, 1.807) is 11.8 Å². The highest BCUT2D eigenvalue weighted by molar-refractivity contribution is 8.00. The molecule has 0 bridgehead atoms. The Bertz CT molecular complexity index is 673. The first-order valence-corrected chi connectivity index (χ1v) is 10.1. The number of nitrogens with zero attached hydrogens (tertiary/aromatic N) is 3. The van der Waals surface area contributed by atoms with Crippen molar-refractivity contribution >= 4 is 28.7 Å². The second-order valence-corrected chi connectivity index (χ2v) is 8.50. The molecule has 1 fully saturated rings. The molecule has 1 aliphatic heterocycles. The highest BCUT2D eigenvalue weighted by Crippen LogP contribution is 2.28. The minimum absolute atomic E-state index is 0.179. The first-order chi connectivity index (χ1) is 12.0. The maximum absolute atomic E-state index is 12.5. The molecule has 0 aliphatic carbocycles. The summed E-state index contributed by atoms with van der Waals surface area (Å²) in [5.74, 6) is 2.39. The molecule has 136 valence electrons. The van der Waals surface area contributed by atoms with E-state index in [-0.39, 0.29) is 11.2 Å². The second kappa shape index (κ2) is 8.23. The maximum Gasteiger partial charge on any atom is 0.232 e. The molecule has 3 rings (SSSR count). The van der Waals surface area contributed by atoms with Gasteiger partial charge in [-0.15, -0.1) is 11.8 Å². The highest BCUT2D eigenvalue weighted by atomic mass is 32.2. The molecule has 2 aromatic rings. The van der Waals surface area contributed by atoms with Crippen LogP contribution in [0.4, 0.5) is 0 Å². The van der Waals surface area contributed by atoms with Crippen LogP contribution in [0.5, 0.6) is 0 Å². The number of hydrogen-bond donors (Lipinski definition) is 1. The number of para-hydroxylation sites is 2. The summed E-state index contributed by atoms with van der Waals surface area (Å²) in [7, 11) is 0. The maximum atomic E-state index is 12.5. The van der Waals surface area contributed by atoms with Crippen LogP contribution in [0.2, 0.25) is 0 Å². The third-order valence-corrected chi connectivity index (χ3v) is 5.73. The monoisotopic (exact) mass is 360 g/mol. The third kappa shape index (κ3) is 4.76. The van der Waals surface area contributed by atoms with Crippen molar-refractivity contribution in [2.24, 2.45) is 5.92 Å². The van der Waals surface area contributed by atoms with E-state index < -0.39 is 0 Å². The number of carbonyl (C=O) groups is 1. The van der Waals surface area contributed by atoms with Crippen LogP contribution in [0, 0.1) is 5.92 Å². The van der Waals surface area contributed by atoms with Crippen LogP contribution in [0.1, 0.15) is 31.8 Å². The van der Waals surface area contributed by atoms with Crippen molar-refractivity contribution in [2.75, 3.05) is 38.5 Å². The Morgan fingerprint density at radius 3 is 2.60 bits per heavy atom. The van der Waals surface area contributed by atoms with Crippen molar-refractivity contribution in [3.8, 4) is 0 Å². The number of hydrogen-bond acceptors (Lipinski definition) is 4. The minimum atomic E-state index is 0.179. The van der Waals surface area contributed by atoms with Crippen molar-refractivity contribution in [2.45, 2.75) is 26.0 Å². The van der Waals surface area contributed by atoms with Crippen LogP contribution in [-0.4, -0.2) is 64.2 Å². The first kappa shape index (κ1) is 18.3. The number of imidazole rings is 1. The first-order valence-electron chi connectivity index (χ1n) is 9.09. The lowest BCUT2D eigenvalue weighted by Crippen LogP contribution is -2.50. The standard InChI is InChI=1S/C19H28N4OS/c1-14(2)12-22-8-10-23(11-9-22)18(24)13-25-15(3)19-20-16-6-4-5-7-17(16)21-19/h4-7,14-15H,8-13H2,1-3H3,(H,20,21). The summed E-state index contributed by atoms with van der Waals surface area (Å²) in [6.07, 6.45) is 0. The normalized spacial score (nSPS) is 17.4. The molecule has 0 saturated carbocycles. The number of nitrogens with one attached hydrogen (secondary N) is 1. The summed E-state index contributed by atoms with van der Waals surface area (Å²) in [5, 5.41) is 0.179. The topological polar surface area (TPSA) is 52.2 Å². The lowest BCUT2D eigenvalue weighted by atomic mass is 10.2. The SMILES string of the molecule is CC(C)CN1CCN(C(=O)CSC(C)c2nc3ccccc3[nH]2)CC1. The van der Waals surface area contributed by atoms with Crippen LogP contribution in [0.15, 0.2) is 24.3 Å².